The quantitative estimate of drug-likeness (QED) is 0.175. The van der Waals surface area contributed by atoms with Gasteiger partial charge in [-0.3, -0.25) is 13.9 Å². The zero-order valence-electron chi connectivity index (χ0n) is 24.6. The molecular formula is C34H35Cl2N3O4S. The summed E-state index contributed by atoms with van der Waals surface area (Å²) in [5, 5.41) is 3.69. The number of carbonyl (C=O) groups excluding carboxylic acids is 2. The highest BCUT2D eigenvalue weighted by Gasteiger charge is 2.35. The first-order valence-electron chi connectivity index (χ1n) is 14.3. The Labute approximate surface area is 269 Å². The van der Waals surface area contributed by atoms with Crippen molar-refractivity contribution in [2.75, 3.05) is 17.4 Å². The Kier molecular flexibility index (Phi) is 11.4. The number of aryl methyl sites for hydroxylation is 1. The molecule has 4 aromatic carbocycles. The van der Waals surface area contributed by atoms with Gasteiger partial charge in [-0.25, -0.2) is 8.42 Å². The Morgan fingerprint density at radius 1 is 0.864 bits per heavy atom. The van der Waals surface area contributed by atoms with Crippen LogP contribution in [-0.2, 0) is 32.6 Å². The fourth-order valence-corrected chi connectivity index (χ4v) is 6.80. The summed E-state index contributed by atoms with van der Waals surface area (Å²) in [4.78, 5) is 29.7. The second kappa shape index (κ2) is 15.2. The first kappa shape index (κ1) is 33.1. The van der Waals surface area contributed by atoms with Crippen molar-refractivity contribution in [3.63, 3.8) is 0 Å². The van der Waals surface area contributed by atoms with Crippen LogP contribution in [0.1, 0.15) is 30.0 Å². The minimum absolute atomic E-state index is 0.0428. The minimum Gasteiger partial charge on any atom is -0.354 e. The molecule has 2 amide bonds. The summed E-state index contributed by atoms with van der Waals surface area (Å²) in [6, 6.07) is 28.3. The molecule has 0 heterocycles. The van der Waals surface area contributed by atoms with Gasteiger partial charge in [-0.2, -0.15) is 0 Å². The summed E-state index contributed by atoms with van der Waals surface area (Å²) in [5.74, 6) is -0.908. The highest BCUT2D eigenvalue weighted by molar-refractivity contribution is 7.92. The first-order valence-corrected chi connectivity index (χ1v) is 16.5. The smallest absolute Gasteiger partial charge is 0.264 e. The summed E-state index contributed by atoms with van der Waals surface area (Å²) in [6.07, 6.45) is 0.917. The number of rotatable bonds is 13. The topological polar surface area (TPSA) is 86.8 Å². The van der Waals surface area contributed by atoms with Crippen LogP contribution in [0.2, 0.25) is 10.0 Å². The highest BCUT2D eigenvalue weighted by Crippen LogP contribution is 2.29. The first-order chi connectivity index (χ1) is 21.1. The summed E-state index contributed by atoms with van der Waals surface area (Å²) in [7, 11) is -4.17. The summed E-state index contributed by atoms with van der Waals surface area (Å²) in [5.41, 5.74) is 2.45. The maximum absolute atomic E-state index is 14.5. The van der Waals surface area contributed by atoms with Crippen molar-refractivity contribution in [2.24, 2.45) is 0 Å². The Morgan fingerprint density at radius 3 is 2.14 bits per heavy atom. The molecule has 1 N–H and O–H groups in total. The third-order valence-electron chi connectivity index (χ3n) is 7.17. The lowest BCUT2D eigenvalue weighted by molar-refractivity contribution is -0.140. The van der Waals surface area contributed by atoms with E-state index in [1.807, 2.05) is 37.3 Å². The molecule has 4 aromatic rings. The van der Waals surface area contributed by atoms with E-state index in [1.54, 1.807) is 67.6 Å². The molecule has 4 rings (SSSR count). The van der Waals surface area contributed by atoms with Crippen LogP contribution in [0.3, 0.4) is 0 Å². The monoisotopic (exact) mass is 651 g/mol. The molecule has 0 unspecified atom stereocenters. The standard InChI is InChI=1S/C34H35Cl2N3O4S/c1-3-20-37-34(41)32(21-26-13-6-4-7-14-26)38(23-27-18-19-28(35)22-30(27)36)33(40)24-39(31-17-11-10-12-25(31)2)44(42,43)29-15-8-5-9-16-29/h4-19,22,32H,3,20-21,23-24H2,1-2H3,(H,37,41)/t32-/m0/s1. The van der Waals surface area contributed by atoms with Crippen LogP contribution in [-0.4, -0.2) is 44.3 Å². The van der Waals surface area contributed by atoms with Crippen molar-refractivity contribution < 1.29 is 18.0 Å². The van der Waals surface area contributed by atoms with E-state index in [4.69, 9.17) is 23.2 Å². The number of amides is 2. The number of nitrogens with zero attached hydrogens (tertiary/aromatic N) is 2. The zero-order valence-corrected chi connectivity index (χ0v) is 26.9. The molecule has 0 spiro atoms. The Bertz CT molecular complexity index is 1690. The minimum atomic E-state index is -4.17. The van der Waals surface area contributed by atoms with Crippen LogP contribution in [0.15, 0.2) is 108 Å². The van der Waals surface area contributed by atoms with E-state index in [1.165, 1.54) is 17.0 Å². The van der Waals surface area contributed by atoms with E-state index in [0.29, 0.717) is 39.8 Å². The number of hydrogen-bond acceptors (Lipinski definition) is 4. The van der Waals surface area contributed by atoms with E-state index < -0.39 is 28.5 Å². The van der Waals surface area contributed by atoms with Crippen molar-refractivity contribution in [3.8, 4) is 0 Å². The van der Waals surface area contributed by atoms with Gasteiger partial charge >= 0.3 is 0 Å². The Morgan fingerprint density at radius 2 is 1.50 bits per heavy atom. The number of nitrogens with one attached hydrogen (secondary N) is 1. The second-order valence-corrected chi connectivity index (χ2v) is 13.1. The van der Waals surface area contributed by atoms with E-state index in [2.05, 4.69) is 5.32 Å². The molecule has 1 atom stereocenters. The maximum Gasteiger partial charge on any atom is 0.264 e. The number of halogens is 2. The zero-order chi connectivity index (χ0) is 31.7. The van der Waals surface area contributed by atoms with Crippen LogP contribution in [0, 0.1) is 6.92 Å². The average Bonchev–Trinajstić information content (AvgIpc) is 3.02. The van der Waals surface area contributed by atoms with Crippen molar-refractivity contribution >= 4 is 50.7 Å². The normalized spacial score (nSPS) is 11.9. The van der Waals surface area contributed by atoms with Gasteiger partial charge in [0.05, 0.1) is 10.6 Å². The number of para-hydroxylation sites is 1. The Hall–Kier alpha value is -3.85. The van der Waals surface area contributed by atoms with Gasteiger partial charge in [0.1, 0.15) is 12.6 Å². The Balaban J connectivity index is 1.82. The predicted octanol–water partition coefficient (Wildman–Crippen LogP) is 6.66. The molecule has 0 aromatic heterocycles. The molecule has 10 heteroatoms. The lowest BCUT2D eigenvalue weighted by atomic mass is 10.0. The molecule has 44 heavy (non-hydrogen) atoms. The summed E-state index contributed by atoms with van der Waals surface area (Å²) >= 11 is 12.7. The molecular weight excluding hydrogens is 617 g/mol. The van der Waals surface area contributed by atoms with E-state index >= 15 is 0 Å². The largest absolute Gasteiger partial charge is 0.354 e. The lowest BCUT2D eigenvalue weighted by Gasteiger charge is -2.34. The van der Waals surface area contributed by atoms with Crippen LogP contribution < -0.4 is 9.62 Å². The average molecular weight is 653 g/mol. The van der Waals surface area contributed by atoms with Crippen LogP contribution in [0.25, 0.3) is 0 Å². The summed E-state index contributed by atoms with van der Waals surface area (Å²) < 4.78 is 29.2. The van der Waals surface area contributed by atoms with Gasteiger partial charge in [0, 0.05) is 29.6 Å². The van der Waals surface area contributed by atoms with Gasteiger partial charge in [-0.15, -0.1) is 0 Å². The predicted molar refractivity (Wildman–Crippen MR) is 176 cm³/mol. The van der Waals surface area contributed by atoms with Gasteiger partial charge in [-0.05, 0) is 60.4 Å². The molecule has 0 fully saturated rings. The second-order valence-electron chi connectivity index (χ2n) is 10.4. The van der Waals surface area contributed by atoms with Crippen molar-refractivity contribution in [1.82, 2.24) is 10.2 Å². The molecule has 0 aliphatic heterocycles. The van der Waals surface area contributed by atoms with Gasteiger partial charge < -0.3 is 10.2 Å². The number of carbonyl (C=O) groups is 2. The highest BCUT2D eigenvalue weighted by atomic mass is 35.5. The van der Waals surface area contributed by atoms with E-state index in [0.717, 1.165) is 9.87 Å². The number of anilines is 1. The third kappa shape index (κ3) is 8.20. The maximum atomic E-state index is 14.5. The molecule has 0 radical (unpaired) electrons. The van der Waals surface area contributed by atoms with Gasteiger partial charge in [0.25, 0.3) is 10.0 Å². The van der Waals surface area contributed by atoms with Gasteiger partial charge in [0.15, 0.2) is 0 Å². The van der Waals surface area contributed by atoms with Crippen LogP contribution >= 0.6 is 23.2 Å². The van der Waals surface area contributed by atoms with Gasteiger partial charge in [-0.1, -0.05) is 103 Å². The number of hydrogen-bond donors (Lipinski definition) is 1. The van der Waals surface area contributed by atoms with Crippen LogP contribution in [0.5, 0.6) is 0 Å². The fourth-order valence-electron chi connectivity index (χ4n) is 4.83. The molecule has 0 saturated carbocycles. The number of benzene rings is 4. The van der Waals surface area contributed by atoms with Crippen LogP contribution in [0.4, 0.5) is 5.69 Å². The molecule has 0 bridgehead atoms. The molecule has 7 nitrogen and oxygen atoms in total. The molecule has 0 saturated heterocycles. The fraction of sp³-hybridized carbons (Fsp3) is 0.235. The SMILES string of the molecule is CCCNC(=O)[C@H](Cc1ccccc1)N(Cc1ccc(Cl)cc1Cl)C(=O)CN(c1ccccc1C)S(=O)(=O)c1ccccc1. The lowest BCUT2D eigenvalue weighted by Crippen LogP contribution is -2.53. The number of sulfonamides is 1. The molecule has 0 aliphatic rings. The van der Waals surface area contributed by atoms with Crippen molar-refractivity contribution in [3.05, 3.63) is 130 Å². The molecule has 0 aliphatic carbocycles. The van der Waals surface area contributed by atoms with Gasteiger partial charge in [0.2, 0.25) is 11.8 Å². The van der Waals surface area contributed by atoms with Crippen molar-refractivity contribution in [2.45, 2.75) is 44.2 Å². The van der Waals surface area contributed by atoms with Crippen molar-refractivity contribution in [1.29, 1.82) is 0 Å². The van der Waals surface area contributed by atoms with E-state index in [9.17, 15) is 18.0 Å². The molecule has 230 valence electrons. The third-order valence-corrected chi connectivity index (χ3v) is 9.53. The summed E-state index contributed by atoms with van der Waals surface area (Å²) in [6.45, 7) is 3.57. The van der Waals surface area contributed by atoms with E-state index in [-0.39, 0.29) is 23.8 Å².